The van der Waals surface area contributed by atoms with Crippen molar-refractivity contribution >= 4 is 22.8 Å². The second-order valence-corrected chi connectivity index (χ2v) is 6.42. The summed E-state index contributed by atoms with van der Waals surface area (Å²) in [6.45, 7) is 4.91. The van der Waals surface area contributed by atoms with Crippen LogP contribution in [-0.4, -0.2) is 65.0 Å². The van der Waals surface area contributed by atoms with Crippen molar-refractivity contribution < 1.29 is 9.53 Å². The van der Waals surface area contributed by atoms with Crippen LogP contribution in [0, 0.1) is 0 Å². The Hall–Kier alpha value is -2.32. The van der Waals surface area contributed by atoms with Crippen molar-refractivity contribution in [1.82, 2.24) is 19.9 Å². The minimum atomic E-state index is -0.238. The van der Waals surface area contributed by atoms with Gasteiger partial charge in [0.2, 0.25) is 5.95 Å². The minimum absolute atomic E-state index is 0.0581. The highest BCUT2D eigenvalue weighted by atomic mass is 16.5. The van der Waals surface area contributed by atoms with Crippen LogP contribution < -0.4 is 10.9 Å². The number of aryl methyl sites for hydroxylation is 1. The lowest BCUT2D eigenvalue weighted by molar-refractivity contribution is 0.0398. The summed E-state index contributed by atoms with van der Waals surface area (Å²) in [5.41, 5.74) is 1.51. The fourth-order valence-corrected chi connectivity index (χ4v) is 3.47. The van der Waals surface area contributed by atoms with Crippen molar-refractivity contribution in [2.24, 2.45) is 0 Å². The number of aromatic amines is 1. The summed E-state index contributed by atoms with van der Waals surface area (Å²) in [6.07, 6.45) is 3.56. The quantitative estimate of drug-likeness (QED) is 0.837. The Morgan fingerprint density at radius 2 is 2.08 bits per heavy atom. The molecule has 0 aromatic carbocycles. The molecule has 8 heteroatoms. The van der Waals surface area contributed by atoms with Crippen LogP contribution in [0.2, 0.25) is 0 Å². The van der Waals surface area contributed by atoms with Gasteiger partial charge >= 0.3 is 0 Å². The highest BCUT2D eigenvalue weighted by Crippen LogP contribution is 2.25. The Labute approximate surface area is 144 Å². The molecule has 2 aromatic rings. The van der Waals surface area contributed by atoms with Gasteiger partial charge < -0.3 is 10.1 Å². The summed E-state index contributed by atoms with van der Waals surface area (Å²) in [6, 6.07) is 0. The molecule has 2 N–H and O–H groups in total. The lowest BCUT2D eigenvalue weighted by atomic mass is 9.90. The number of pyridine rings is 1. The summed E-state index contributed by atoms with van der Waals surface area (Å²) in [5.74, 6) is 0.475. The van der Waals surface area contributed by atoms with E-state index in [0.717, 1.165) is 44.8 Å². The zero-order valence-corrected chi connectivity index (χ0v) is 14.0. The molecule has 1 fully saturated rings. The monoisotopic (exact) mass is 343 g/mol. The summed E-state index contributed by atoms with van der Waals surface area (Å²) < 4.78 is 5.33. The predicted molar refractivity (Wildman–Crippen MR) is 93.2 cm³/mol. The fourth-order valence-electron chi connectivity index (χ4n) is 3.47. The van der Waals surface area contributed by atoms with Gasteiger partial charge in [-0.05, 0) is 18.4 Å². The van der Waals surface area contributed by atoms with Crippen molar-refractivity contribution in [3.8, 4) is 0 Å². The van der Waals surface area contributed by atoms with Gasteiger partial charge in [-0.2, -0.15) is 4.98 Å². The van der Waals surface area contributed by atoms with Crippen LogP contribution in [0.3, 0.4) is 0 Å². The van der Waals surface area contributed by atoms with Gasteiger partial charge in [-0.25, -0.2) is 4.98 Å². The lowest BCUT2D eigenvalue weighted by Gasteiger charge is -2.26. The van der Waals surface area contributed by atoms with Gasteiger partial charge in [0, 0.05) is 44.4 Å². The van der Waals surface area contributed by atoms with E-state index < -0.39 is 0 Å². The number of morpholine rings is 1. The van der Waals surface area contributed by atoms with Crippen LogP contribution in [0.5, 0.6) is 0 Å². The number of Topliss-reactive ketones (excluding diaryl/α,β-unsaturated/α-hetero) is 1. The van der Waals surface area contributed by atoms with E-state index in [4.69, 9.17) is 4.74 Å². The zero-order chi connectivity index (χ0) is 17.2. The SMILES string of the molecule is O=C1CCCc2c1cnc1nc(NCCN3CCOCC3)[nH]c(=O)c21. The van der Waals surface area contributed by atoms with Gasteiger partial charge in [0.15, 0.2) is 11.4 Å². The number of nitrogens with one attached hydrogen (secondary N) is 2. The third kappa shape index (κ3) is 3.27. The van der Waals surface area contributed by atoms with E-state index in [9.17, 15) is 9.59 Å². The minimum Gasteiger partial charge on any atom is -0.379 e. The molecule has 4 rings (SSSR count). The van der Waals surface area contributed by atoms with Gasteiger partial charge in [0.05, 0.1) is 18.6 Å². The maximum Gasteiger partial charge on any atom is 0.262 e. The van der Waals surface area contributed by atoms with E-state index in [1.165, 1.54) is 0 Å². The third-order valence-corrected chi connectivity index (χ3v) is 4.80. The van der Waals surface area contributed by atoms with E-state index in [1.54, 1.807) is 6.20 Å². The normalized spacial score (nSPS) is 18.3. The molecule has 0 unspecified atom stereocenters. The molecular weight excluding hydrogens is 322 g/mol. The molecule has 1 aliphatic carbocycles. The first-order chi connectivity index (χ1) is 12.2. The Morgan fingerprint density at radius 3 is 2.92 bits per heavy atom. The molecule has 132 valence electrons. The predicted octanol–water partition coefficient (Wildman–Crippen LogP) is 0.581. The van der Waals surface area contributed by atoms with Crippen molar-refractivity contribution in [1.29, 1.82) is 0 Å². The van der Waals surface area contributed by atoms with Crippen LogP contribution in [0.4, 0.5) is 5.95 Å². The second kappa shape index (κ2) is 6.89. The number of rotatable bonds is 4. The zero-order valence-electron chi connectivity index (χ0n) is 14.0. The van der Waals surface area contributed by atoms with E-state index in [1.807, 2.05) is 0 Å². The first-order valence-electron chi connectivity index (χ1n) is 8.71. The van der Waals surface area contributed by atoms with Crippen LogP contribution in [-0.2, 0) is 11.2 Å². The average Bonchev–Trinajstić information content (AvgIpc) is 2.62. The average molecular weight is 343 g/mol. The maximum absolute atomic E-state index is 12.5. The van der Waals surface area contributed by atoms with Crippen LogP contribution in [0.25, 0.3) is 11.0 Å². The summed E-state index contributed by atoms with van der Waals surface area (Å²) in [5, 5.41) is 3.61. The van der Waals surface area contributed by atoms with Crippen LogP contribution in [0.15, 0.2) is 11.0 Å². The number of aromatic nitrogens is 3. The van der Waals surface area contributed by atoms with E-state index >= 15 is 0 Å². The van der Waals surface area contributed by atoms with Gasteiger partial charge in [-0.3, -0.25) is 19.5 Å². The summed E-state index contributed by atoms with van der Waals surface area (Å²) in [7, 11) is 0. The highest BCUT2D eigenvalue weighted by Gasteiger charge is 2.22. The molecule has 0 spiro atoms. The smallest absolute Gasteiger partial charge is 0.262 e. The number of hydrogen-bond acceptors (Lipinski definition) is 7. The second-order valence-electron chi connectivity index (χ2n) is 6.42. The topological polar surface area (TPSA) is 100 Å². The van der Waals surface area contributed by atoms with E-state index in [0.29, 0.717) is 41.9 Å². The van der Waals surface area contributed by atoms with Crippen molar-refractivity contribution in [3.63, 3.8) is 0 Å². The molecule has 0 radical (unpaired) electrons. The number of H-pyrrole nitrogens is 1. The number of fused-ring (bicyclic) bond motifs is 3. The molecule has 0 bridgehead atoms. The van der Waals surface area contributed by atoms with Crippen molar-refractivity contribution in [3.05, 3.63) is 27.7 Å². The van der Waals surface area contributed by atoms with Crippen LogP contribution >= 0.6 is 0 Å². The number of carbonyl (C=O) groups excluding carboxylic acids is 1. The van der Waals surface area contributed by atoms with E-state index in [2.05, 4.69) is 25.2 Å². The summed E-state index contributed by atoms with van der Waals surface area (Å²) >= 11 is 0. The Bertz CT molecular complexity index is 857. The first-order valence-corrected chi connectivity index (χ1v) is 8.71. The van der Waals surface area contributed by atoms with E-state index in [-0.39, 0.29) is 11.3 Å². The van der Waals surface area contributed by atoms with Gasteiger partial charge in [-0.15, -0.1) is 0 Å². The molecule has 1 aliphatic heterocycles. The highest BCUT2D eigenvalue weighted by molar-refractivity contribution is 6.01. The lowest BCUT2D eigenvalue weighted by Crippen LogP contribution is -2.39. The largest absolute Gasteiger partial charge is 0.379 e. The number of hydrogen-bond donors (Lipinski definition) is 2. The molecule has 1 saturated heterocycles. The molecule has 25 heavy (non-hydrogen) atoms. The molecular formula is C17H21N5O3. The van der Waals surface area contributed by atoms with Gasteiger partial charge in [0.1, 0.15) is 0 Å². The van der Waals surface area contributed by atoms with Crippen LogP contribution in [0.1, 0.15) is 28.8 Å². The molecule has 0 atom stereocenters. The van der Waals surface area contributed by atoms with Gasteiger partial charge in [-0.1, -0.05) is 0 Å². The Morgan fingerprint density at radius 1 is 1.24 bits per heavy atom. The fraction of sp³-hybridized carbons (Fsp3) is 0.529. The molecule has 2 aromatic heterocycles. The molecule has 3 heterocycles. The number of anilines is 1. The van der Waals surface area contributed by atoms with Crippen molar-refractivity contribution in [2.45, 2.75) is 19.3 Å². The number of ketones is 1. The summed E-state index contributed by atoms with van der Waals surface area (Å²) in [4.78, 5) is 38.3. The number of nitrogens with zero attached hydrogens (tertiary/aromatic N) is 3. The molecule has 0 amide bonds. The van der Waals surface area contributed by atoms with Crippen molar-refractivity contribution in [2.75, 3.05) is 44.7 Å². The molecule has 0 saturated carbocycles. The number of ether oxygens (including phenoxy) is 1. The first kappa shape index (κ1) is 16.2. The standard InChI is InChI=1S/C17H21N5O3/c23-13-3-1-2-11-12(13)10-19-15-14(11)16(24)21-17(20-15)18-4-5-22-6-8-25-9-7-22/h10H,1-9H2,(H2,18,19,20,21,24). The van der Waals surface area contributed by atoms with Gasteiger partial charge in [0.25, 0.3) is 5.56 Å². The maximum atomic E-state index is 12.5. The third-order valence-electron chi connectivity index (χ3n) is 4.80. The Kier molecular flexibility index (Phi) is 4.46. The molecule has 2 aliphatic rings. The molecule has 8 nitrogen and oxygen atoms in total. The Balaban J connectivity index is 1.54. The number of carbonyl (C=O) groups is 1.